The van der Waals surface area contributed by atoms with Crippen LogP contribution in [0.4, 0.5) is 15.8 Å². The number of anilines is 2. The summed E-state index contributed by atoms with van der Waals surface area (Å²) < 4.78 is 18.9. The molecule has 2 aliphatic heterocycles. The highest BCUT2D eigenvalue weighted by atomic mass is 19.1. The van der Waals surface area contributed by atoms with E-state index in [1.54, 1.807) is 6.07 Å². The second kappa shape index (κ2) is 4.29. The van der Waals surface area contributed by atoms with Gasteiger partial charge in [-0.1, -0.05) is 13.8 Å². The molecule has 0 aromatic heterocycles. The minimum atomic E-state index is -0.302. The monoisotopic (exact) mass is 264 g/mol. The van der Waals surface area contributed by atoms with Crippen LogP contribution in [0.2, 0.25) is 0 Å². The van der Waals surface area contributed by atoms with Crippen LogP contribution in [0.25, 0.3) is 0 Å². The van der Waals surface area contributed by atoms with Crippen LogP contribution in [0.15, 0.2) is 12.1 Å². The fourth-order valence-corrected chi connectivity index (χ4v) is 3.41. The molecule has 3 nitrogen and oxygen atoms in total. The van der Waals surface area contributed by atoms with Gasteiger partial charge in [0.05, 0.1) is 24.5 Å². The number of ether oxygens (including phenoxy) is 1. The van der Waals surface area contributed by atoms with Gasteiger partial charge in [-0.15, -0.1) is 0 Å². The van der Waals surface area contributed by atoms with E-state index in [-0.39, 0.29) is 11.2 Å². The van der Waals surface area contributed by atoms with E-state index < -0.39 is 0 Å². The predicted octanol–water partition coefficient (Wildman–Crippen LogP) is 3.25. The lowest BCUT2D eigenvalue weighted by Crippen LogP contribution is -2.55. The number of hydrogen-bond acceptors (Lipinski definition) is 3. The maximum absolute atomic E-state index is 13.8. The molecular weight excluding hydrogens is 243 g/mol. The van der Waals surface area contributed by atoms with E-state index in [4.69, 9.17) is 4.74 Å². The first-order valence-electron chi connectivity index (χ1n) is 6.91. The molecular formula is C15H21FN2O. The molecule has 1 atom stereocenters. The third-order valence-corrected chi connectivity index (χ3v) is 4.56. The molecule has 3 rings (SSSR count). The molecule has 1 unspecified atom stereocenters. The number of nitrogens with zero attached hydrogens (tertiary/aromatic N) is 1. The lowest BCUT2D eigenvalue weighted by atomic mass is 9.75. The van der Waals surface area contributed by atoms with Gasteiger partial charge in [0.15, 0.2) is 11.6 Å². The molecule has 0 bridgehead atoms. The Morgan fingerprint density at radius 3 is 2.95 bits per heavy atom. The minimum Gasteiger partial charge on any atom is -0.494 e. The Morgan fingerprint density at radius 2 is 2.21 bits per heavy atom. The molecule has 1 aromatic carbocycles. The lowest BCUT2D eigenvalue weighted by molar-refractivity contribution is 0.217. The predicted molar refractivity (Wildman–Crippen MR) is 75.6 cm³/mol. The zero-order valence-electron chi connectivity index (χ0n) is 11.8. The van der Waals surface area contributed by atoms with Crippen LogP contribution in [0.1, 0.15) is 26.7 Å². The van der Waals surface area contributed by atoms with Crippen LogP contribution >= 0.6 is 0 Å². The topological polar surface area (TPSA) is 24.5 Å². The van der Waals surface area contributed by atoms with E-state index in [2.05, 4.69) is 24.1 Å². The zero-order chi connectivity index (χ0) is 13.6. The summed E-state index contributed by atoms with van der Waals surface area (Å²) >= 11 is 0. The van der Waals surface area contributed by atoms with Crippen molar-refractivity contribution in [3.8, 4) is 5.75 Å². The van der Waals surface area contributed by atoms with Gasteiger partial charge in [0.1, 0.15) is 0 Å². The molecule has 2 heterocycles. The molecule has 4 heteroatoms. The SMILES string of the molecule is COc1cc2c(cc1F)NCC1N2CCCC1(C)C. The first-order chi connectivity index (χ1) is 9.03. The third kappa shape index (κ3) is 1.94. The highest BCUT2D eigenvalue weighted by molar-refractivity contribution is 5.75. The number of fused-ring (bicyclic) bond motifs is 3. The smallest absolute Gasteiger partial charge is 0.167 e. The number of methoxy groups -OCH3 is 1. The van der Waals surface area contributed by atoms with Gasteiger partial charge in [-0.25, -0.2) is 4.39 Å². The fourth-order valence-electron chi connectivity index (χ4n) is 3.41. The maximum Gasteiger partial charge on any atom is 0.167 e. The van der Waals surface area contributed by atoms with E-state index in [0.29, 0.717) is 11.8 Å². The van der Waals surface area contributed by atoms with Crippen LogP contribution in [0.3, 0.4) is 0 Å². The first kappa shape index (κ1) is 12.6. The summed E-state index contributed by atoms with van der Waals surface area (Å²) in [7, 11) is 1.51. The van der Waals surface area contributed by atoms with Gasteiger partial charge in [-0.05, 0) is 18.3 Å². The summed E-state index contributed by atoms with van der Waals surface area (Å²) in [5.41, 5.74) is 2.24. The fraction of sp³-hybridized carbons (Fsp3) is 0.600. The quantitative estimate of drug-likeness (QED) is 0.842. The number of nitrogens with one attached hydrogen (secondary N) is 1. The molecule has 0 aliphatic carbocycles. The maximum atomic E-state index is 13.8. The average molecular weight is 264 g/mol. The molecule has 1 fully saturated rings. The average Bonchev–Trinajstić information content (AvgIpc) is 2.37. The van der Waals surface area contributed by atoms with Crippen molar-refractivity contribution in [1.82, 2.24) is 0 Å². The van der Waals surface area contributed by atoms with Crippen LogP contribution in [0.5, 0.6) is 5.75 Å². The molecule has 0 saturated carbocycles. The second-order valence-corrected chi connectivity index (χ2v) is 6.19. The van der Waals surface area contributed by atoms with Gasteiger partial charge in [-0.3, -0.25) is 0 Å². The molecule has 1 N–H and O–H groups in total. The molecule has 104 valence electrons. The zero-order valence-corrected chi connectivity index (χ0v) is 11.8. The van der Waals surface area contributed by atoms with E-state index in [1.807, 2.05) is 6.07 Å². The highest BCUT2D eigenvalue weighted by Crippen LogP contribution is 2.44. The molecule has 0 amide bonds. The number of rotatable bonds is 1. The molecule has 2 aliphatic rings. The van der Waals surface area contributed by atoms with Crippen LogP contribution < -0.4 is 15.0 Å². The van der Waals surface area contributed by atoms with E-state index in [1.165, 1.54) is 20.0 Å². The number of benzene rings is 1. The normalized spacial score (nSPS) is 24.2. The number of halogens is 1. The Bertz CT molecular complexity index is 501. The minimum absolute atomic E-state index is 0.282. The summed E-state index contributed by atoms with van der Waals surface area (Å²) in [5.74, 6) is 0.0213. The largest absolute Gasteiger partial charge is 0.494 e. The Labute approximate surface area is 113 Å². The summed E-state index contributed by atoms with van der Waals surface area (Å²) in [6.07, 6.45) is 2.42. The molecule has 1 aromatic rings. The number of piperidine rings is 1. The van der Waals surface area contributed by atoms with Crippen molar-refractivity contribution in [1.29, 1.82) is 0 Å². The van der Waals surface area contributed by atoms with Crippen LogP contribution in [0, 0.1) is 11.2 Å². The van der Waals surface area contributed by atoms with E-state index >= 15 is 0 Å². The van der Waals surface area contributed by atoms with Crippen LogP contribution in [-0.2, 0) is 0 Å². The summed E-state index contributed by atoms with van der Waals surface area (Å²) in [6.45, 7) is 6.55. The van der Waals surface area contributed by atoms with E-state index in [9.17, 15) is 4.39 Å². The van der Waals surface area contributed by atoms with Crippen molar-refractivity contribution < 1.29 is 9.13 Å². The highest BCUT2D eigenvalue weighted by Gasteiger charge is 2.40. The van der Waals surface area contributed by atoms with Gasteiger partial charge < -0.3 is 15.0 Å². The Hall–Kier alpha value is -1.45. The van der Waals surface area contributed by atoms with E-state index in [0.717, 1.165) is 24.5 Å². The van der Waals surface area contributed by atoms with Gasteiger partial charge in [0.2, 0.25) is 0 Å². The molecule has 19 heavy (non-hydrogen) atoms. The lowest BCUT2D eigenvalue weighted by Gasteiger charge is -2.51. The van der Waals surface area contributed by atoms with Crippen molar-refractivity contribution in [3.63, 3.8) is 0 Å². The Kier molecular flexibility index (Phi) is 2.84. The van der Waals surface area contributed by atoms with Crippen molar-refractivity contribution in [2.24, 2.45) is 5.41 Å². The summed E-state index contributed by atoms with van der Waals surface area (Å²) in [4.78, 5) is 2.41. The van der Waals surface area contributed by atoms with Crippen LogP contribution in [-0.4, -0.2) is 26.2 Å². The van der Waals surface area contributed by atoms with Crippen molar-refractivity contribution >= 4 is 11.4 Å². The number of hydrogen-bond donors (Lipinski definition) is 1. The standard InChI is InChI=1S/C15H21FN2O/c1-15(2)5-4-6-18-12-8-13(19-3)10(16)7-11(12)17-9-14(15)18/h7-8,14,17H,4-6,9H2,1-3H3. The van der Waals surface area contributed by atoms with Gasteiger partial charge >= 0.3 is 0 Å². The first-order valence-corrected chi connectivity index (χ1v) is 6.91. The van der Waals surface area contributed by atoms with Crippen molar-refractivity contribution in [2.75, 3.05) is 30.4 Å². The van der Waals surface area contributed by atoms with Gasteiger partial charge in [0, 0.05) is 25.2 Å². The van der Waals surface area contributed by atoms with Crippen molar-refractivity contribution in [3.05, 3.63) is 17.9 Å². The summed E-state index contributed by atoms with van der Waals surface area (Å²) in [6, 6.07) is 3.83. The second-order valence-electron chi connectivity index (χ2n) is 6.19. The Balaban J connectivity index is 2.04. The summed E-state index contributed by atoms with van der Waals surface area (Å²) in [5, 5.41) is 3.37. The molecule has 0 radical (unpaired) electrons. The molecule has 0 spiro atoms. The van der Waals surface area contributed by atoms with Gasteiger partial charge in [-0.2, -0.15) is 0 Å². The van der Waals surface area contributed by atoms with Gasteiger partial charge in [0.25, 0.3) is 0 Å². The Morgan fingerprint density at radius 1 is 1.42 bits per heavy atom. The molecule has 1 saturated heterocycles. The third-order valence-electron chi connectivity index (χ3n) is 4.56. The van der Waals surface area contributed by atoms with Crippen molar-refractivity contribution in [2.45, 2.75) is 32.7 Å².